The van der Waals surface area contributed by atoms with Gasteiger partial charge in [0.05, 0.1) is 6.07 Å². The summed E-state index contributed by atoms with van der Waals surface area (Å²) in [6.45, 7) is 1.94. The molecule has 2 rings (SSSR count). The number of nitrogens with zero attached hydrogens (tertiary/aromatic N) is 2. The number of nitrogens with one attached hydrogen (secondary N) is 1. The van der Waals surface area contributed by atoms with Crippen LogP contribution in [0.3, 0.4) is 0 Å². The molecule has 0 aromatic heterocycles. The summed E-state index contributed by atoms with van der Waals surface area (Å²) in [4.78, 5) is 16.0. The van der Waals surface area contributed by atoms with Gasteiger partial charge in [0.25, 0.3) is 5.91 Å². The first-order valence-electron chi connectivity index (χ1n) is 6.63. The highest BCUT2D eigenvalue weighted by molar-refractivity contribution is 5.97. The molecule has 0 saturated carbocycles. The molecule has 1 aromatic carbocycles. The van der Waals surface area contributed by atoms with Gasteiger partial charge in [-0.25, -0.2) is 4.39 Å². The largest absolute Gasteiger partial charge is 0.505 e. The van der Waals surface area contributed by atoms with E-state index in [1.54, 1.807) is 19.1 Å². The SMILES string of the molecule is CC1C=NC(C(=O)NCc2ccc(F)cc2)=C(O)/C1=C/C#N. The Hall–Kier alpha value is -2.94. The summed E-state index contributed by atoms with van der Waals surface area (Å²) in [5, 5.41) is 21.4. The van der Waals surface area contributed by atoms with Crippen LogP contribution in [0.4, 0.5) is 4.39 Å². The van der Waals surface area contributed by atoms with Crippen LogP contribution in [0.1, 0.15) is 12.5 Å². The fourth-order valence-corrected chi connectivity index (χ4v) is 1.98. The molecule has 1 amide bonds. The fourth-order valence-electron chi connectivity index (χ4n) is 1.98. The molecule has 5 nitrogen and oxygen atoms in total. The lowest BCUT2D eigenvalue weighted by Crippen LogP contribution is -2.27. The van der Waals surface area contributed by atoms with Gasteiger partial charge in [0.1, 0.15) is 5.82 Å². The number of nitriles is 1. The van der Waals surface area contributed by atoms with Crippen molar-refractivity contribution in [2.45, 2.75) is 13.5 Å². The van der Waals surface area contributed by atoms with E-state index in [-0.39, 0.29) is 29.7 Å². The number of hydrogen-bond donors (Lipinski definition) is 2. The van der Waals surface area contributed by atoms with Crippen LogP contribution in [0.15, 0.2) is 52.4 Å². The summed E-state index contributed by atoms with van der Waals surface area (Å²) >= 11 is 0. The summed E-state index contributed by atoms with van der Waals surface area (Å²) in [5.74, 6) is -1.46. The molecule has 0 spiro atoms. The van der Waals surface area contributed by atoms with Crippen LogP contribution in [0.5, 0.6) is 0 Å². The van der Waals surface area contributed by atoms with E-state index in [0.29, 0.717) is 5.57 Å². The van der Waals surface area contributed by atoms with Gasteiger partial charge in [0, 0.05) is 30.3 Å². The van der Waals surface area contributed by atoms with Crippen molar-refractivity contribution < 1.29 is 14.3 Å². The Bertz CT molecular complexity index is 712. The standard InChI is InChI=1S/C16H14FN3O2/c1-10-8-19-14(15(21)13(10)6-7-18)16(22)20-9-11-2-4-12(17)5-3-11/h2-6,8,10,21H,9H2,1H3,(H,20,22)/b13-6+. The van der Waals surface area contributed by atoms with Gasteiger partial charge in [-0.15, -0.1) is 0 Å². The molecular formula is C16H14FN3O2. The highest BCUT2D eigenvalue weighted by atomic mass is 19.1. The van der Waals surface area contributed by atoms with Gasteiger partial charge < -0.3 is 10.4 Å². The molecule has 0 fully saturated rings. The zero-order valence-corrected chi connectivity index (χ0v) is 11.9. The lowest BCUT2D eigenvalue weighted by Gasteiger charge is -2.17. The molecule has 0 aliphatic carbocycles. The Morgan fingerprint density at radius 3 is 2.82 bits per heavy atom. The molecule has 1 aliphatic heterocycles. The topological polar surface area (TPSA) is 85.5 Å². The number of hydrogen-bond acceptors (Lipinski definition) is 4. The third-order valence-corrected chi connectivity index (χ3v) is 3.22. The Morgan fingerprint density at radius 2 is 2.18 bits per heavy atom. The van der Waals surface area contributed by atoms with Gasteiger partial charge in [-0.1, -0.05) is 19.1 Å². The van der Waals surface area contributed by atoms with Crippen molar-refractivity contribution in [3.05, 3.63) is 58.8 Å². The molecule has 1 unspecified atom stereocenters. The van der Waals surface area contributed by atoms with Crippen molar-refractivity contribution in [1.29, 1.82) is 5.26 Å². The summed E-state index contributed by atoms with van der Waals surface area (Å²) in [7, 11) is 0. The molecular weight excluding hydrogens is 285 g/mol. The second kappa shape index (κ2) is 6.68. The highest BCUT2D eigenvalue weighted by Gasteiger charge is 2.24. The van der Waals surface area contributed by atoms with Gasteiger partial charge in [-0.05, 0) is 17.7 Å². The molecule has 2 N–H and O–H groups in total. The third kappa shape index (κ3) is 3.38. The zero-order chi connectivity index (χ0) is 16.1. The molecule has 1 heterocycles. The number of rotatable bonds is 3. The molecule has 0 radical (unpaired) electrons. The van der Waals surface area contributed by atoms with E-state index in [1.807, 2.05) is 6.07 Å². The average Bonchev–Trinajstić information content (AvgIpc) is 2.50. The normalized spacial score (nSPS) is 19.1. The molecule has 22 heavy (non-hydrogen) atoms. The van der Waals surface area contributed by atoms with E-state index in [1.165, 1.54) is 24.4 Å². The first-order chi connectivity index (χ1) is 10.5. The van der Waals surface area contributed by atoms with Crippen molar-refractivity contribution >= 4 is 12.1 Å². The number of carbonyl (C=O) groups is 1. The number of allylic oxidation sites excluding steroid dienone is 2. The van der Waals surface area contributed by atoms with E-state index in [4.69, 9.17) is 5.26 Å². The fraction of sp³-hybridized carbons (Fsp3) is 0.188. The Balaban J connectivity index is 2.12. The number of carbonyl (C=O) groups excluding carboxylic acids is 1. The van der Waals surface area contributed by atoms with Crippen LogP contribution in [0, 0.1) is 23.1 Å². The van der Waals surface area contributed by atoms with Crippen LogP contribution in [-0.2, 0) is 11.3 Å². The quantitative estimate of drug-likeness (QED) is 0.840. The van der Waals surface area contributed by atoms with Crippen molar-refractivity contribution in [2.24, 2.45) is 10.9 Å². The van der Waals surface area contributed by atoms with Gasteiger partial charge in [-0.2, -0.15) is 5.26 Å². The first-order valence-corrected chi connectivity index (χ1v) is 6.63. The maximum atomic E-state index is 12.8. The van der Waals surface area contributed by atoms with Gasteiger partial charge >= 0.3 is 0 Å². The Morgan fingerprint density at radius 1 is 1.50 bits per heavy atom. The van der Waals surface area contributed by atoms with E-state index < -0.39 is 5.91 Å². The van der Waals surface area contributed by atoms with Crippen molar-refractivity contribution in [3.63, 3.8) is 0 Å². The predicted molar refractivity (Wildman–Crippen MR) is 79.3 cm³/mol. The lowest BCUT2D eigenvalue weighted by molar-refractivity contribution is -0.117. The maximum absolute atomic E-state index is 12.8. The van der Waals surface area contributed by atoms with E-state index in [9.17, 15) is 14.3 Å². The van der Waals surface area contributed by atoms with Gasteiger partial charge in [-0.3, -0.25) is 9.79 Å². The molecule has 1 atom stereocenters. The molecule has 0 saturated heterocycles. The van der Waals surface area contributed by atoms with Gasteiger partial charge in [0.15, 0.2) is 11.5 Å². The predicted octanol–water partition coefficient (Wildman–Crippen LogP) is 2.38. The van der Waals surface area contributed by atoms with Crippen LogP contribution in [-0.4, -0.2) is 17.2 Å². The zero-order valence-electron chi connectivity index (χ0n) is 11.9. The maximum Gasteiger partial charge on any atom is 0.273 e. The number of amides is 1. The summed E-state index contributed by atoms with van der Waals surface area (Å²) in [5.41, 5.74) is 0.932. The number of aliphatic imine (C=N–C) groups is 1. The molecule has 1 aromatic rings. The smallest absolute Gasteiger partial charge is 0.273 e. The average molecular weight is 299 g/mol. The lowest BCUT2D eigenvalue weighted by atomic mass is 9.96. The Kier molecular flexibility index (Phi) is 4.69. The second-order valence-corrected chi connectivity index (χ2v) is 4.80. The van der Waals surface area contributed by atoms with E-state index in [2.05, 4.69) is 10.3 Å². The van der Waals surface area contributed by atoms with Crippen LogP contribution < -0.4 is 5.32 Å². The van der Waals surface area contributed by atoms with Crippen LogP contribution >= 0.6 is 0 Å². The molecule has 112 valence electrons. The Labute approximate surface area is 127 Å². The van der Waals surface area contributed by atoms with E-state index in [0.717, 1.165) is 5.56 Å². The summed E-state index contributed by atoms with van der Waals surface area (Å²) < 4.78 is 12.8. The minimum Gasteiger partial charge on any atom is -0.505 e. The van der Waals surface area contributed by atoms with E-state index >= 15 is 0 Å². The number of benzene rings is 1. The number of aliphatic hydroxyl groups is 1. The van der Waals surface area contributed by atoms with Gasteiger partial charge in [0.2, 0.25) is 0 Å². The molecule has 1 aliphatic rings. The minimum absolute atomic E-state index is 0.137. The van der Waals surface area contributed by atoms with Crippen LogP contribution in [0.2, 0.25) is 0 Å². The highest BCUT2D eigenvalue weighted by Crippen LogP contribution is 2.24. The minimum atomic E-state index is -0.561. The number of halogens is 1. The first kappa shape index (κ1) is 15.4. The summed E-state index contributed by atoms with van der Waals surface area (Å²) in [6.07, 6.45) is 2.69. The molecule has 0 bridgehead atoms. The van der Waals surface area contributed by atoms with Crippen molar-refractivity contribution in [1.82, 2.24) is 5.32 Å². The summed E-state index contributed by atoms with van der Waals surface area (Å²) in [6, 6.07) is 7.54. The van der Waals surface area contributed by atoms with Crippen molar-refractivity contribution in [3.8, 4) is 6.07 Å². The monoisotopic (exact) mass is 299 g/mol. The second-order valence-electron chi connectivity index (χ2n) is 4.80. The van der Waals surface area contributed by atoms with Crippen LogP contribution in [0.25, 0.3) is 0 Å². The molecule has 6 heteroatoms. The third-order valence-electron chi connectivity index (χ3n) is 3.22. The number of aliphatic hydroxyl groups excluding tert-OH is 1. The van der Waals surface area contributed by atoms with Crippen molar-refractivity contribution in [2.75, 3.05) is 0 Å².